The first-order chi connectivity index (χ1) is 6.66. The molecule has 0 bridgehead atoms. The second kappa shape index (κ2) is 3.38. The molecular weight excluding hydrogens is 204 g/mol. The number of fused-ring (bicyclic) bond motifs is 1. The Bertz CT molecular complexity index is 393. The van der Waals surface area contributed by atoms with Gasteiger partial charge in [0.15, 0.2) is 5.75 Å². The average molecular weight is 213 g/mol. The summed E-state index contributed by atoms with van der Waals surface area (Å²) >= 11 is 5.80. The Morgan fingerprint density at radius 1 is 1.50 bits per heavy atom. The topological polar surface area (TPSA) is 64.3 Å². The van der Waals surface area contributed by atoms with Crippen LogP contribution in [0, 0.1) is 0 Å². The summed E-state index contributed by atoms with van der Waals surface area (Å²) in [5, 5.41) is 3.15. The number of rotatable bonds is 0. The van der Waals surface area contributed by atoms with Gasteiger partial charge in [0.2, 0.25) is 5.91 Å². The van der Waals surface area contributed by atoms with Gasteiger partial charge in [-0.05, 0) is 12.1 Å². The van der Waals surface area contributed by atoms with Crippen molar-refractivity contribution in [2.75, 3.05) is 17.7 Å². The molecule has 0 aromatic heterocycles. The van der Waals surface area contributed by atoms with Crippen molar-refractivity contribution in [3.05, 3.63) is 17.2 Å². The minimum absolute atomic E-state index is 0.0922. The Morgan fingerprint density at radius 2 is 2.29 bits per heavy atom. The van der Waals surface area contributed by atoms with Crippen molar-refractivity contribution >= 4 is 28.9 Å². The molecule has 5 heteroatoms. The molecule has 1 aliphatic rings. The van der Waals surface area contributed by atoms with E-state index in [1.54, 1.807) is 12.1 Å². The average Bonchev–Trinajstić information content (AvgIpc) is 2.25. The van der Waals surface area contributed by atoms with E-state index in [0.717, 1.165) is 0 Å². The summed E-state index contributed by atoms with van der Waals surface area (Å²) < 4.78 is 5.34. The third-order valence-electron chi connectivity index (χ3n) is 1.93. The number of carbonyl (C=O) groups excluding carboxylic acids is 1. The first-order valence-corrected chi connectivity index (χ1v) is 4.56. The highest BCUT2D eigenvalue weighted by Crippen LogP contribution is 2.36. The molecule has 1 aromatic rings. The van der Waals surface area contributed by atoms with Crippen LogP contribution >= 0.6 is 11.6 Å². The van der Waals surface area contributed by atoms with E-state index in [4.69, 9.17) is 22.1 Å². The molecule has 14 heavy (non-hydrogen) atoms. The summed E-state index contributed by atoms with van der Waals surface area (Å²) in [5.74, 6) is 0.408. The van der Waals surface area contributed by atoms with Crippen LogP contribution in [-0.4, -0.2) is 12.5 Å². The molecule has 0 saturated heterocycles. The van der Waals surface area contributed by atoms with Crippen molar-refractivity contribution in [1.82, 2.24) is 0 Å². The Balaban J connectivity index is 2.50. The molecule has 0 fully saturated rings. The smallest absolute Gasteiger partial charge is 0.227 e. The fourth-order valence-corrected chi connectivity index (χ4v) is 1.55. The van der Waals surface area contributed by atoms with Crippen molar-refractivity contribution in [2.24, 2.45) is 0 Å². The van der Waals surface area contributed by atoms with Crippen molar-refractivity contribution < 1.29 is 9.53 Å². The molecule has 0 unspecified atom stereocenters. The monoisotopic (exact) mass is 212 g/mol. The summed E-state index contributed by atoms with van der Waals surface area (Å²) in [6, 6.07) is 3.22. The van der Waals surface area contributed by atoms with Gasteiger partial charge in [0.05, 0.1) is 24.4 Å². The van der Waals surface area contributed by atoms with E-state index in [1.807, 2.05) is 0 Å². The molecule has 1 heterocycles. The lowest BCUT2D eigenvalue weighted by atomic mass is 10.2. The Morgan fingerprint density at radius 3 is 3.07 bits per heavy atom. The van der Waals surface area contributed by atoms with E-state index in [2.05, 4.69) is 5.32 Å². The van der Waals surface area contributed by atoms with Gasteiger partial charge >= 0.3 is 0 Å². The van der Waals surface area contributed by atoms with Crippen molar-refractivity contribution in [3.63, 3.8) is 0 Å². The summed E-state index contributed by atoms with van der Waals surface area (Å²) in [6.45, 7) is 0.338. The molecule has 4 nitrogen and oxygen atoms in total. The lowest BCUT2D eigenvalue weighted by molar-refractivity contribution is -0.116. The first kappa shape index (κ1) is 9.15. The molecule has 0 saturated carbocycles. The lowest BCUT2D eigenvalue weighted by Crippen LogP contribution is -2.10. The van der Waals surface area contributed by atoms with Gasteiger partial charge in [-0.15, -0.1) is 0 Å². The number of nitrogens with one attached hydrogen (secondary N) is 1. The number of nitrogens with two attached hydrogens (primary N) is 1. The van der Waals surface area contributed by atoms with Gasteiger partial charge in [-0.2, -0.15) is 0 Å². The van der Waals surface area contributed by atoms with Gasteiger partial charge in [0.1, 0.15) is 0 Å². The molecule has 0 aliphatic carbocycles. The van der Waals surface area contributed by atoms with Crippen LogP contribution in [0.25, 0.3) is 0 Å². The van der Waals surface area contributed by atoms with E-state index >= 15 is 0 Å². The normalized spacial score (nSPS) is 15.1. The zero-order valence-electron chi connectivity index (χ0n) is 7.34. The van der Waals surface area contributed by atoms with E-state index in [0.29, 0.717) is 35.2 Å². The second-order valence-corrected chi connectivity index (χ2v) is 3.45. The SMILES string of the molecule is Nc1cc(Cl)cc2c1OCCC(=O)N2. The standard InChI is InChI=1S/C9H9ClN2O2/c10-5-3-6(11)9-7(4-5)12-8(13)1-2-14-9/h3-4H,1-2,11H2,(H,12,13). The molecule has 1 aromatic carbocycles. The molecule has 74 valence electrons. The van der Waals surface area contributed by atoms with Gasteiger partial charge < -0.3 is 15.8 Å². The number of amides is 1. The van der Waals surface area contributed by atoms with Gasteiger partial charge in [0, 0.05) is 5.02 Å². The minimum atomic E-state index is -0.0922. The number of ether oxygens (including phenoxy) is 1. The predicted octanol–water partition coefficient (Wildman–Crippen LogP) is 1.64. The molecule has 1 amide bonds. The van der Waals surface area contributed by atoms with Crippen LogP contribution in [-0.2, 0) is 4.79 Å². The Hall–Kier alpha value is -1.42. The van der Waals surface area contributed by atoms with Crippen LogP contribution in [0.4, 0.5) is 11.4 Å². The minimum Gasteiger partial charge on any atom is -0.489 e. The second-order valence-electron chi connectivity index (χ2n) is 3.02. The number of benzene rings is 1. The number of hydrogen-bond acceptors (Lipinski definition) is 3. The maximum Gasteiger partial charge on any atom is 0.227 e. The van der Waals surface area contributed by atoms with E-state index in [9.17, 15) is 4.79 Å². The van der Waals surface area contributed by atoms with Gasteiger partial charge in [-0.3, -0.25) is 4.79 Å². The molecule has 0 atom stereocenters. The molecule has 1 aliphatic heterocycles. The molecule has 0 radical (unpaired) electrons. The van der Waals surface area contributed by atoms with Gasteiger partial charge in [-0.1, -0.05) is 11.6 Å². The summed E-state index contributed by atoms with van der Waals surface area (Å²) in [4.78, 5) is 11.2. The van der Waals surface area contributed by atoms with Crippen LogP contribution in [0.15, 0.2) is 12.1 Å². The highest BCUT2D eigenvalue weighted by Gasteiger charge is 2.16. The van der Waals surface area contributed by atoms with Crippen molar-refractivity contribution in [1.29, 1.82) is 0 Å². The molecule has 2 rings (SSSR count). The quantitative estimate of drug-likeness (QED) is 0.643. The van der Waals surface area contributed by atoms with Crippen LogP contribution < -0.4 is 15.8 Å². The van der Waals surface area contributed by atoms with Crippen LogP contribution in [0.3, 0.4) is 0 Å². The molecular formula is C9H9ClN2O2. The Labute approximate surface area is 86.0 Å². The number of carbonyl (C=O) groups is 1. The number of hydrogen-bond donors (Lipinski definition) is 2. The fraction of sp³-hybridized carbons (Fsp3) is 0.222. The highest BCUT2D eigenvalue weighted by molar-refractivity contribution is 6.31. The van der Waals surface area contributed by atoms with Crippen LogP contribution in [0.5, 0.6) is 5.75 Å². The molecule has 0 spiro atoms. The zero-order valence-corrected chi connectivity index (χ0v) is 8.10. The number of nitrogen functional groups attached to an aromatic ring is 1. The van der Waals surface area contributed by atoms with E-state index in [-0.39, 0.29) is 5.91 Å². The fourth-order valence-electron chi connectivity index (χ4n) is 1.33. The molecule has 3 N–H and O–H groups in total. The Kier molecular flexibility index (Phi) is 2.21. The third-order valence-corrected chi connectivity index (χ3v) is 2.15. The number of anilines is 2. The van der Waals surface area contributed by atoms with Crippen molar-refractivity contribution in [2.45, 2.75) is 6.42 Å². The lowest BCUT2D eigenvalue weighted by Gasteiger charge is -2.09. The highest BCUT2D eigenvalue weighted by atomic mass is 35.5. The zero-order chi connectivity index (χ0) is 10.1. The van der Waals surface area contributed by atoms with Crippen molar-refractivity contribution in [3.8, 4) is 5.75 Å². The summed E-state index contributed by atoms with van der Waals surface area (Å²) in [5.41, 5.74) is 6.68. The summed E-state index contributed by atoms with van der Waals surface area (Å²) in [6.07, 6.45) is 0.325. The van der Waals surface area contributed by atoms with Gasteiger partial charge in [-0.25, -0.2) is 0 Å². The van der Waals surface area contributed by atoms with Gasteiger partial charge in [0.25, 0.3) is 0 Å². The summed E-state index contributed by atoms with van der Waals surface area (Å²) in [7, 11) is 0. The largest absolute Gasteiger partial charge is 0.489 e. The van der Waals surface area contributed by atoms with Crippen LogP contribution in [0.1, 0.15) is 6.42 Å². The third kappa shape index (κ3) is 1.61. The maximum atomic E-state index is 11.2. The van der Waals surface area contributed by atoms with Crippen LogP contribution in [0.2, 0.25) is 5.02 Å². The maximum absolute atomic E-state index is 11.2. The number of halogens is 1. The predicted molar refractivity (Wildman–Crippen MR) is 54.6 cm³/mol. The van der Waals surface area contributed by atoms with E-state index < -0.39 is 0 Å². The van der Waals surface area contributed by atoms with E-state index in [1.165, 1.54) is 0 Å². The first-order valence-electron chi connectivity index (χ1n) is 4.18.